The molecule has 29 heavy (non-hydrogen) atoms. The van der Waals surface area contributed by atoms with Gasteiger partial charge < -0.3 is 0 Å². The monoisotopic (exact) mass is 400 g/mol. The van der Waals surface area contributed by atoms with Crippen molar-refractivity contribution in [3.05, 3.63) is 11.6 Å². The molecular weight excluding hydrogens is 354 g/mol. The SMILES string of the molecule is CC(C)CCC[C@@H](C)[C@H]1CCC2C3CC=C4CC(N[O])CC[C@]4(C)C3CC[C@@]21C. The first-order valence-corrected chi connectivity index (χ1v) is 12.9. The van der Waals surface area contributed by atoms with Crippen LogP contribution in [0.25, 0.3) is 0 Å². The smallest absolute Gasteiger partial charge is 0.0390 e. The van der Waals surface area contributed by atoms with Gasteiger partial charge in [-0.1, -0.05) is 65.5 Å². The lowest BCUT2D eigenvalue weighted by Gasteiger charge is -2.58. The fraction of sp³-hybridized carbons (Fsp3) is 0.926. The molecule has 3 saturated carbocycles. The van der Waals surface area contributed by atoms with Gasteiger partial charge in [0.05, 0.1) is 0 Å². The molecule has 165 valence electrons. The maximum absolute atomic E-state index is 11.3. The van der Waals surface area contributed by atoms with Crippen LogP contribution in [-0.4, -0.2) is 6.04 Å². The van der Waals surface area contributed by atoms with E-state index < -0.39 is 0 Å². The van der Waals surface area contributed by atoms with E-state index in [1.165, 1.54) is 57.8 Å². The van der Waals surface area contributed by atoms with E-state index in [2.05, 4.69) is 46.2 Å². The van der Waals surface area contributed by atoms with Gasteiger partial charge in [0.15, 0.2) is 0 Å². The third-order valence-electron chi connectivity index (χ3n) is 10.5. The summed E-state index contributed by atoms with van der Waals surface area (Å²) in [6.45, 7) is 12.5. The summed E-state index contributed by atoms with van der Waals surface area (Å²) in [6, 6.07) is 0.169. The van der Waals surface area contributed by atoms with Crippen LogP contribution < -0.4 is 5.48 Å². The van der Waals surface area contributed by atoms with Crippen LogP contribution in [0.15, 0.2) is 11.6 Å². The zero-order valence-electron chi connectivity index (χ0n) is 19.8. The summed E-state index contributed by atoms with van der Waals surface area (Å²) in [7, 11) is 0. The van der Waals surface area contributed by atoms with Gasteiger partial charge in [-0.25, -0.2) is 0 Å². The summed E-state index contributed by atoms with van der Waals surface area (Å²) in [5.41, 5.74) is 4.89. The minimum absolute atomic E-state index is 0.169. The highest BCUT2D eigenvalue weighted by Crippen LogP contribution is 2.67. The van der Waals surface area contributed by atoms with E-state index in [0.717, 1.165) is 48.3 Å². The molecule has 4 aliphatic carbocycles. The number of rotatable bonds is 6. The lowest BCUT2D eigenvalue weighted by molar-refractivity contribution is -0.0571. The summed E-state index contributed by atoms with van der Waals surface area (Å²) in [5.74, 6) is 5.38. The van der Waals surface area contributed by atoms with Crippen molar-refractivity contribution in [3.8, 4) is 0 Å². The van der Waals surface area contributed by atoms with Crippen LogP contribution in [0, 0.1) is 46.3 Å². The quantitative estimate of drug-likeness (QED) is 0.367. The average molecular weight is 401 g/mol. The van der Waals surface area contributed by atoms with Crippen LogP contribution in [0.2, 0.25) is 0 Å². The van der Waals surface area contributed by atoms with Crippen LogP contribution in [0.1, 0.15) is 105 Å². The van der Waals surface area contributed by atoms with Gasteiger partial charge in [0, 0.05) is 6.04 Å². The standard InChI is InChI=1S/C27H46NO/c1-18(2)7-6-8-19(3)23-11-12-24-22-10-9-20-17-21(28-29)13-15-26(20,4)25(22)14-16-27(23,24)5/h9,18-19,21-25,28H,6-8,10-17H2,1-5H3/t19-,21?,22?,23-,24?,25?,26+,27-/m1/s1. The van der Waals surface area contributed by atoms with Crippen LogP contribution in [0.4, 0.5) is 0 Å². The highest BCUT2D eigenvalue weighted by atomic mass is 16.5. The van der Waals surface area contributed by atoms with Crippen molar-refractivity contribution in [1.82, 2.24) is 5.48 Å². The van der Waals surface area contributed by atoms with Gasteiger partial charge in [-0.3, -0.25) is 0 Å². The van der Waals surface area contributed by atoms with Crippen molar-refractivity contribution >= 4 is 0 Å². The maximum atomic E-state index is 11.3. The van der Waals surface area contributed by atoms with Crippen LogP contribution in [0.5, 0.6) is 0 Å². The second-order valence-electron chi connectivity index (χ2n) is 12.3. The minimum atomic E-state index is 0.169. The second kappa shape index (κ2) is 8.30. The van der Waals surface area contributed by atoms with E-state index in [9.17, 15) is 5.21 Å². The molecule has 1 radical (unpaired) electrons. The summed E-state index contributed by atoms with van der Waals surface area (Å²) in [6.07, 6.45) is 17.2. The fourth-order valence-corrected chi connectivity index (χ4v) is 8.79. The Bertz CT molecular complexity index is 612. The molecule has 0 spiro atoms. The molecule has 0 aromatic carbocycles. The Hall–Kier alpha value is -0.340. The Balaban J connectivity index is 1.48. The topological polar surface area (TPSA) is 31.9 Å². The highest BCUT2D eigenvalue weighted by molar-refractivity contribution is 5.25. The lowest BCUT2D eigenvalue weighted by atomic mass is 9.47. The zero-order chi connectivity index (χ0) is 20.8. The third kappa shape index (κ3) is 3.75. The Morgan fingerprint density at radius 1 is 1.03 bits per heavy atom. The molecule has 0 aliphatic heterocycles. The van der Waals surface area contributed by atoms with Gasteiger partial charge in [0.2, 0.25) is 0 Å². The van der Waals surface area contributed by atoms with E-state index in [1.807, 2.05) is 0 Å². The van der Waals surface area contributed by atoms with E-state index in [4.69, 9.17) is 0 Å². The Morgan fingerprint density at radius 3 is 2.55 bits per heavy atom. The summed E-state index contributed by atoms with van der Waals surface area (Å²) in [4.78, 5) is 0. The van der Waals surface area contributed by atoms with Crippen molar-refractivity contribution in [2.75, 3.05) is 0 Å². The van der Waals surface area contributed by atoms with Gasteiger partial charge in [-0.05, 0) is 97.7 Å². The zero-order valence-corrected chi connectivity index (χ0v) is 19.8. The number of allylic oxidation sites excluding steroid dienone is 1. The molecule has 8 atom stereocenters. The molecule has 0 bridgehead atoms. The molecule has 4 rings (SSSR count). The molecule has 4 unspecified atom stereocenters. The maximum Gasteiger partial charge on any atom is 0.0390 e. The predicted molar refractivity (Wildman–Crippen MR) is 121 cm³/mol. The van der Waals surface area contributed by atoms with Crippen LogP contribution >= 0.6 is 0 Å². The molecule has 0 aromatic heterocycles. The third-order valence-corrected chi connectivity index (χ3v) is 10.5. The van der Waals surface area contributed by atoms with E-state index in [-0.39, 0.29) is 6.04 Å². The molecule has 1 N–H and O–H groups in total. The molecule has 0 saturated heterocycles. The van der Waals surface area contributed by atoms with Gasteiger partial charge in [-0.15, -0.1) is 5.21 Å². The van der Waals surface area contributed by atoms with E-state index >= 15 is 0 Å². The number of hydrogen-bond acceptors (Lipinski definition) is 1. The molecule has 2 nitrogen and oxygen atoms in total. The van der Waals surface area contributed by atoms with Gasteiger partial charge in [-0.2, -0.15) is 5.48 Å². The largest absolute Gasteiger partial charge is 0.165 e. The molecule has 3 fully saturated rings. The van der Waals surface area contributed by atoms with Crippen molar-refractivity contribution in [2.45, 2.75) is 111 Å². The number of hydroxylamine groups is 1. The van der Waals surface area contributed by atoms with Crippen LogP contribution in [-0.2, 0) is 5.21 Å². The van der Waals surface area contributed by atoms with Crippen molar-refractivity contribution in [3.63, 3.8) is 0 Å². The summed E-state index contributed by atoms with van der Waals surface area (Å²) >= 11 is 0. The van der Waals surface area contributed by atoms with Crippen molar-refractivity contribution in [1.29, 1.82) is 0 Å². The van der Waals surface area contributed by atoms with Gasteiger partial charge >= 0.3 is 0 Å². The minimum Gasteiger partial charge on any atom is -0.165 e. The van der Waals surface area contributed by atoms with E-state index in [1.54, 1.807) is 5.57 Å². The average Bonchev–Trinajstić information content (AvgIpc) is 3.04. The molecule has 4 aliphatic rings. The fourth-order valence-electron chi connectivity index (χ4n) is 8.79. The Labute approximate surface area is 180 Å². The first kappa shape index (κ1) is 21.9. The van der Waals surface area contributed by atoms with E-state index in [0.29, 0.717) is 10.8 Å². The second-order valence-corrected chi connectivity index (χ2v) is 12.3. The number of nitrogens with one attached hydrogen (secondary N) is 1. The molecular formula is C27H46NO. The molecule has 0 aromatic rings. The normalized spacial score (nSPS) is 45.3. The highest BCUT2D eigenvalue weighted by Gasteiger charge is 2.59. The van der Waals surface area contributed by atoms with Crippen molar-refractivity contribution < 1.29 is 5.21 Å². The Morgan fingerprint density at radius 2 is 1.83 bits per heavy atom. The molecule has 0 heterocycles. The van der Waals surface area contributed by atoms with Crippen LogP contribution in [0.3, 0.4) is 0 Å². The first-order valence-electron chi connectivity index (χ1n) is 12.9. The summed E-state index contributed by atoms with van der Waals surface area (Å²) < 4.78 is 0. The van der Waals surface area contributed by atoms with Gasteiger partial charge in [0.1, 0.15) is 0 Å². The number of hydrogen-bond donors (Lipinski definition) is 1. The predicted octanol–water partition coefficient (Wildman–Crippen LogP) is 7.33. The first-order chi connectivity index (χ1) is 13.8. The lowest BCUT2D eigenvalue weighted by Crippen LogP contribution is -2.51. The molecule has 2 heteroatoms. The van der Waals surface area contributed by atoms with Gasteiger partial charge in [0.25, 0.3) is 0 Å². The Kier molecular flexibility index (Phi) is 6.26. The summed E-state index contributed by atoms with van der Waals surface area (Å²) in [5, 5.41) is 11.3. The molecule has 0 amide bonds. The number of fused-ring (bicyclic) bond motifs is 5. The van der Waals surface area contributed by atoms with Crippen molar-refractivity contribution in [2.24, 2.45) is 46.3 Å².